The number of carbonyl (C=O) groups excluding carboxylic acids is 2. The lowest BCUT2D eigenvalue weighted by atomic mass is 10.1. The van der Waals surface area contributed by atoms with E-state index in [4.69, 9.17) is 16.3 Å². The van der Waals surface area contributed by atoms with Crippen LogP contribution >= 0.6 is 11.6 Å². The fraction of sp³-hybridized carbons (Fsp3) is 0.300. The minimum atomic E-state index is -0.659. The number of carbonyl (C=O) groups is 2. The van der Waals surface area contributed by atoms with Gasteiger partial charge in [-0.2, -0.15) is 0 Å². The molecule has 138 valence electrons. The molecule has 26 heavy (non-hydrogen) atoms. The van der Waals surface area contributed by atoms with Gasteiger partial charge < -0.3 is 14.8 Å². The molecule has 0 aliphatic heterocycles. The summed E-state index contributed by atoms with van der Waals surface area (Å²) in [6, 6.07) is 10.4. The summed E-state index contributed by atoms with van der Waals surface area (Å²) in [6.07, 6.45) is -0.163. The van der Waals surface area contributed by atoms with Gasteiger partial charge in [-0.15, -0.1) is 0 Å². The number of benzene rings is 2. The first-order chi connectivity index (χ1) is 12.4. The molecule has 0 aromatic heterocycles. The molecule has 6 heteroatoms. The molecule has 0 bridgehead atoms. The van der Waals surface area contributed by atoms with E-state index in [9.17, 15) is 9.59 Å². The number of rotatable bonds is 6. The van der Waals surface area contributed by atoms with E-state index >= 15 is 0 Å². The van der Waals surface area contributed by atoms with Crippen LogP contribution in [0.4, 0.5) is 5.69 Å². The molecular weight excluding hydrogens is 354 g/mol. The smallest absolute Gasteiger partial charge is 0.339 e. The van der Waals surface area contributed by atoms with Crippen molar-refractivity contribution in [1.82, 2.24) is 0 Å². The van der Waals surface area contributed by atoms with Gasteiger partial charge in [0.1, 0.15) is 5.75 Å². The van der Waals surface area contributed by atoms with Crippen LogP contribution in [0.25, 0.3) is 0 Å². The number of anilines is 1. The Balaban J connectivity index is 2.17. The minimum Gasteiger partial charge on any atom is -0.480 e. The number of esters is 1. The number of nitrogens with one attached hydrogen (secondary N) is 1. The van der Waals surface area contributed by atoms with Gasteiger partial charge in [0.05, 0.1) is 17.7 Å². The Hall–Kier alpha value is -2.53. The van der Waals surface area contributed by atoms with Gasteiger partial charge in [0.2, 0.25) is 0 Å². The average Bonchev–Trinajstić information content (AvgIpc) is 2.63. The van der Waals surface area contributed by atoms with E-state index in [0.717, 1.165) is 11.1 Å². The molecule has 1 amide bonds. The molecule has 0 spiro atoms. The van der Waals surface area contributed by atoms with Crippen LogP contribution in [-0.4, -0.2) is 25.1 Å². The molecular formula is C20H22ClNO4. The van der Waals surface area contributed by atoms with Crippen molar-refractivity contribution in [3.63, 3.8) is 0 Å². The first kappa shape index (κ1) is 19.8. The Morgan fingerprint density at radius 1 is 1.19 bits per heavy atom. The van der Waals surface area contributed by atoms with E-state index < -0.39 is 12.1 Å². The zero-order valence-corrected chi connectivity index (χ0v) is 16.0. The third-order valence-electron chi connectivity index (χ3n) is 4.13. The van der Waals surface area contributed by atoms with Gasteiger partial charge in [0.25, 0.3) is 5.91 Å². The summed E-state index contributed by atoms with van der Waals surface area (Å²) in [6.45, 7) is 5.82. The Labute approximate surface area is 158 Å². The number of methoxy groups -OCH3 is 1. The van der Waals surface area contributed by atoms with Crippen molar-refractivity contribution >= 4 is 29.2 Å². The van der Waals surface area contributed by atoms with Gasteiger partial charge in [-0.25, -0.2) is 4.79 Å². The highest BCUT2D eigenvalue weighted by molar-refractivity contribution is 6.33. The van der Waals surface area contributed by atoms with E-state index in [1.54, 1.807) is 6.07 Å². The standard InChI is InChI=1S/C20H22ClNO4/c1-5-17(26-18-8-6-7-12(2)13(18)3)19(23)22-14-9-10-16(21)15(11-14)20(24)25-4/h6-11,17H,5H2,1-4H3,(H,22,23)/t17-/m0/s1. The molecule has 2 aromatic rings. The number of ether oxygens (including phenoxy) is 2. The third-order valence-corrected chi connectivity index (χ3v) is 4.46. The van der Waals surface area contributed by atoms with Gasteiger partial charge in [-0.3, -0.25) is 4.79 Å². The molecule has 1 atom stereocenters. The van der Waals surface area contributed by atoms with E-state index in [0.29, 0.717) is 17.9 Å². The van der Waals surface area contributed by atoms with E-state index in [1.807, 2.05) is 39.0 Å². The molecule has 0 saturated heterocycles. The largest absolute Gasteiger partial charge is 0.480 e. The van der Waals surface area contributed by atoms with Crippen molar-refractivity contribution in [2.45, 2.75) is 33.3 Å². The topological polar surface area (TPSA) is 64.6 Å². The number of amides is 1. The second-order valence-electron chi connectivity index (χ2n) is 5.89. The summed E-state index contributed by atoms with van der Waals surface area (Å²) < 4.78 is 10.6. The summed E-state index contributed by atoms with van der Waals surface area (Å²) >= 11 is 6.00. The second-order valence-corrected chi connectivity index (χ2v) is 6.30. The predicted molar refractivity (Wildman–Crippen MR) is 102 cm³/mol. The SMILES string of the molecule is CC[C@H](Oc1cccc(C)c1C)C(=O)Nc1ccc(Cl)c(C(=O)OC)c1. The Morgan fingerprint density at radius 3 is 2.58 bits per heavy atom. The zero-order chi connectivity index (χ0) is 19.3. The van der Waals surface area contributed by atoms with Crippen LogP contribution < -0.4 is 10.1 Å². The van der Waals surface area contributed by atoms with Gasteiger partial charge in [0, 0.05) is 5.69 Å². The van der Waals surface area contributed by atoms with Crippen molar-refractivity contribution in [2.75, 3.05) is 12.4 Å². The fourth-order valence-corrected chi connectivity index (χ4v) is 2.61. The maximum Gasteiger partial charge on any atom is 0.339 e. The lowest BCUT2D eigenvalue weighted by molar-refractivity contribution is -0.122. The van der Waals surface area contributed by atoms with Crippen molar-refractivity contribution in [3.05, 3.63) is 58.1 Å². The minimum absolute atomic E-state index is 0.190. The number of hydrogen-bond acceptors (Lipinski definition) is 4. The van der Waals surface area contributed by atoms with Crippen LogP contribution in [0.1, 0.15) is 34.8 Å². The number of aryl methyl sites for hydroxylation is 1. The summed E-state index contributed by atoms with van der Waals surface area (Å²) in [4.78, 5) is 24.3. The van der Waals surface area contributed by atoms with Crippen LogP contribution in [-0.2, 0) is 9.53 Å². The Kier molecular flexibility index (Phi) is 6.64. The number of halogens is 1. The van der Waals surface area contributed by atoms with E-state index in [2.05, 4.69) is 10.1 Å². The third kappa shape index (κ3) is 4.55. The molecule has 0 unspecified atom stereocenters. The second kappa shape index (κ2) is 8.72. The molecule has 0 heterocycles. The molecule has 0 fully saturated rings. The predicted octanol–water partition coefficient (Wildman–Crippen LogP) is 4.54. The zero-order valence-electron chi connectivity index (χ0n) is 15.3. The fourth-order valence-electron chi connectivity index (χ4n) is 2.42. The summed E-state index contributed by atoms with van der Waals surface area (Å²) in [7, 11) is 1.27. The highest BCUT2D eigenvalue weighted by Crippen LogP contribution is 2.24. The van der Waals surface area contributed by atoms with E-state index in [-0.39, 0.29) is 16.5 Å². The summed E-state index contributed by atoms with van der Waals surface area (Å²) in [5.41, 5.74) is 2.73. The molecule has 2 aromatic carbocycles. The van der Waals surface area contributed by atoms with E-state index in [1.165, 1.54) is 19.2 Å². The van der Waals surface area contributed by atoms with Crippen LogP contribution in [0.15, 0.2) is 36.4 Å². The van der Waals surface area contributed by atoms with Crippen molar-refractivity contribution in [1.29, 1.82) is 0 Å². The summed E-state index contributed by atoms with van der Waals surface area (Å²) in [5.74, 6) is -0.185. The molecule has 0 radical (unpaired) electrons. The molecule has 0 aliphatic rings. The van der Waals surface area contributed by atoms with Gasteiger partial charge in [-0.05, 0) is 55.7 Å². The lowest BCUT2D eigenvalue weighted by Gasteiger charge is -2.19. The lowest BCUT2D eigenvalue weighted by Crippen LogP contribution is -2.32. The maximum atomic E-state index is 12.6. The van der Waals surface area contributed by atoms with Crippen molar-refractivity contribution < 1.29 is 19.1 Å². The highest BCUT2D eigenvalue weighted by Gasteiger charge is 2.20. The molecule has 1 N–H and O–H groups in total. The summed E-state index contributed by atoms with van der Waals surface area (Å²) in [5, 5.41) is 3.02. The van der Waals surface area contributed by atoms with Crippen LogP contribution in [0.3, 0.4) is 0 Å². The van der Waals surface area contributed by atoms with Crippen molar-refractivity contribution in [2.24, 2.45) is 0 Å². The van der Waals surface area contributed by atoms with Gasteiger partial charge >= 0.3 is 5.97 Å². The average molecular weight is 376 g/mol. The van der Waals surface area contributed by atoms with Crippen LogP contribution in [0, 0.1) is 13.8 Å². The maximum absolute atomic E-state index is 12.6. The van der Waals surface area contributed by atoms with Crippen LogP contribution in [0.5, 0.6) is 5.75 Å². The Morgan fingerprint density at radius 2 is 1.92 bits per heavy atom. The molecule has 0 saturated carbocycles. The van der Waals surface area contributed by atoms with Crippen LogP contribution in [0.2, 0.25) is 5.02 Å². The number of hydrogen-bond donors (Lipinski definition) is 1. The van der Waals surface area contributed by atoms with Crippen molar-refractivity contribution in [3.8, 4) is 5.75 Å². The quantitative estimate of drug-likeness (QED) is 0.753. The molecule has 5 nitrogen and oxygen atoms in total. The molecule has 2 rings (SSSR count). The molecule has 0 aliphatic carbocycles. The monoisotopic (exact) mass is 375 g/mol. The first-order valence-electron chi connectivity index (χ1n) is 8.29. The Bertz CT molecular complexity index is 819. The van der Waals surface area contributed by atoms with Gasteiger partial charge in [0.15, 0.2) is 6.10 Å². The van der Waals surface area contributed by atoms with Gasteiger partial charge in [-0.1, -0.05) is 30.7 Å². The first-order valence-corrected chi connectivity index (χ1v) is 8.66. The normalized spacial score (nSPS) is 11.6. The highest BCUT2D eigenvalue weighted by atomic mass is 35.5.